The first kappa shape index (κ1) is 15.9. The summed E-state index contributed by atoms with van der Waals surface area (Å²) < 4.78 is 7.22. The van der Waals surface area contributed by atoms with Crippen LogP contribution in [0.5, 0.6) is 0 Å². The van der Waals surface area contributed by atoms with Crippen molar-refractivity contribution >= 4 is 17.1 Å². The molecule has 23 heavy (non-hydrogen) atoms. The standard InChI is InChI=1S/C14H21N5O4/c1-7(2)4-15-14-17-12-11(13(22)18-14)16-6-19(12)10-3-8(21)9(5-20)23-10/h6-10,20-21H,3-5H2,1-2H3,(H2,15,17,18,22)/t8-,9+,10+/m0/s1. The van der Waals surface area contributed by atoms with E-state index in [-0.39, 0.29) is 17.7 Å². The summed E-state index contributed by atoms with van der Waals surface area (Å²) in [6, 6.07) is 0. The highest BCUT2D eigenvalue weighted by Crippen LogP contribution is 2.30. The van der Waals surface area contributed by atoms with Gasteiger partial charge in [0.25, 0.3) is 5.56 Å². The summed E-state index contributed by atoms with van der Waals surface area (Å²) in [5.74, 6) is 0.773. The maximum Gasteiger partial charge on any atom is 0.280 e. The van der Waals surface area contributed by atoms with Crippen LogP contribution in [0.3, 0.4) is 0 Å². The average Bonchev–Trinajstić information content (AvgIpc) is 3.08. The summed E-state index contributed by atoms with van der Waals surface area (Å²) in [7, 11) is 0. The van der Waals surface area contributed by atoms with Crippen LogP contribution in [-0.2, 0) is 4.74 Å². The Labute approximate surface area is 132 Å². The lowest BCUT2D eigenvalue weighted by Crippen LogP contribution is -2.24. The first-order chi connectivity index (χ1) is 11.0. The number of nitrogens with one attached hydrogen (secondary N) is 2. The van der Waals surface area contributed by atoms with Gasteiger partial charge in [0.2, 0.25) is 5.95 Å². The van der Waals surface area contributed by atoms with Gasteiger partial charge in [-0.05, 0) is 5.92 Å². The molecule has 0 bridgehead atoms. The topological polar surface area (TPSA) is 125 Å². The number of hydrogen-bond donors (Lipinski definition) is 4. The van der Waals surface area contributed by atoms with Crippen molar-refractivity contribution in [3.8, 4) is 0 Å². The van der Waals surface area contributed by atoms with Gasteiger partial charge < -0.3 is 20.3 Å². The number of ether oxygens (including phenoxy) is 1. The number of hydrogen-bond acceptors (Lipinski definition) is 7. The molecule has 0 spiro atoms. The molecule has 2 aromatic rings. The van der Waals surface area contributed by atoms with Gasteiger partial charge in [-0.15, -0.1) is 0 Å². The largest absolute Gasteiger partial charge is 0.394 e. The van der Waals surface area contributed by atoms with Crippen LogP contribution in [0, 0.1) is 5.92 Å². The molecule has 1 fully saturated rings. The molecule has 1 saturated heterocycles. The van der Waals surface area contributed by atoms with Gasteiger partial charge in [-0.2, -0.15) is 4.98 Å². The zero-order valence-corrected chi connectivity index (χ0v) is 13.1. The van der Waals surface area contributed by atoms with E-state index in [0.717, 1.165) is 0 Å². The maximum absolute atomic E-state index is 12.1. The van der Waals surface area contributed by atoms with E-state index in [4.69, 9.17) is 4.74 Å². The molecule has 3 heterocycles. The molecule has 9 heteroatoms. The van der Waals surface area contributed by atoms with Crippen molar-refractivity contribution in [2.75, 3.05) is 18.5 Å². The molecule has 2 aromatic heterocycles. The summed E-state index contributed by atoms with van der Waals surface area (Å²) in [5, 5.41) is 22.1. The Morgan fingerprint density at radius 3 is 3.00 bits per heavy atom. The summed E-state index contributed by atoms with van der Waals surface area (Å²) in [6.07, 6.45) is -0.142. The second kappa shape index (κ2) is 6.26. The number of H-pyrrole nitrogens is 1. The second-order valence-corrected chi connectivity index (χ2v) is 6.13. The molecule has 0 saturated carbocycles. The van der Waals surface area contributed by atoms with Gasteiger partial charge >= 0.3 is 0 Å². The number of nitrogens with zero attached hydrogens (tertiary/aromatic N) is 3. The van der Waals surface area contributed by atoms with Crippen molar-refractivity contribution in [3.05, 3.63) is 16.7 Å². The Hall–Kier alpha value is -1.97. The predicted molar refractivity (Wildman–Crippen MR) is 83.1 cm³/mol. The molecule has 0 amide bonds. The monoisotopic (exact) mass is 323 g/mol. The molecule has 126 valence electrons. The Morgan fingerprint density at radius 2 is 2.35 bits per heavy atom. The van der Waals surface area contributed by atoms with Crippen molar-refractivity contribution in [2.24, 2.45) is 5.92 Å². The van der Waals surface area contributed by atoms with Crippen LogP contribution in [0.2, 0.25) is 0 Å². The fourth-order valence-corrected chi connectivity index (χ4v) is 2.57. The number of aromatic amines is 1. The molecular formula is C14H21N5O4. The van der Waals surface area contributed by atoms with Gasteiger partial charge in [0.1, 0.15) is 12.3 Å². The molecule has 0 unspecified atom stereocenters. The van der Waals surface area contributed by atoms with Crippen LogP contribution >= 0.6 is 0 Å². The number of aromatic nitrogens is 4. The molecule has 9 nitrogen and oxygen atoms in total. The Morgan fingerprint density at radius 1 is 1.57 bits per heavy atom. The molecular weight excluding hydrogens is 302 g/mol. The average molecular weight is 323 g/mol. The van der Waals surface area contributed by atoms with Crippen molar-refractivity contribution in [3.63, 3.8) is 0 Å². The van der Waals surface area contributed by atoms with E-state index >= 15 is 0 Å². The number of aliphatic hydroxyl groups excluding tert-OH is 2. The van der Waals surface area contributed by atoms with E-state index < -0.39 is 18.4 Å². The highest BCUT2D eigenvalue weighted by molar-refractivity contribution is 5.70. The minimum atomic E-state index is -0.761. The van der Waals surface area contributed by atoms with Crippen molar-refractivity contribution in [1.82, 2.24) is 19.5 Å². The summed E-state index contributed by atoms with van der Waals surface area (Å²) in [5.41, 5.74) is 0.263. The molecule has 0 aliphatic carbocycles. The van der Waals surface area contributed by atoms with Crippen molar-refractivity contribution in [2.45, 2.75) is 38.7 Å². The van der Waals surface area contributed by atoms with Crippen LogP contribution in [0.15, 0.2) is 11.1 Å². The van der Waals surface area contributed by atoms with Gasteiger partial charge in [0, 0.05) is 13.0 Å². The minimum absolute atomic E-state index is 0.214. The number of aliphatic hydroxyl groups is 2. The molecule has 3 atom stereocenters. The molecule has 1 aliphatic heterocycles. The van der Waals surface area contributed by atoms with Crippen molar-refractivity contribution in [1.29, 1.82) is 0 Å². The Bertz CT molecular complexity index is 740. The van der Waals surface area contributed by atoms with Gasteiger partial charge in [-0.1, -0.05) is 13.8 Å². The normalized spacial score (nSPS) is 24.7. The zero-order chi connectivity index (χ0) is 16.6. The lowest BCUT2D eigenvalue weighted by Gasteiger charge is -2.14. The Kier molecular flexibility index (Phi) is 4.33. The van der Waals surface area contributed by atoms with Gasteiger partial charge in [-0.25, -0.2) is 4.98 Å². The smallest absolute Gasteiger partial charge is 0.280 e. The third kappa shape index (κ3) is 3.07. The predicted octanol–water partition coefficient (Wildman–Crippen LogP) is -0.172. The van der Waals surface area contributed by atoms with Gasteiger partial charge in [0.15, 0.2) is 11.2 Å². The lowest BCUT2D eigenvalue weighted by molar-refractivity contribution is -0.0432. The lowest BCUT2D eigenvalue weighted by atomic mass is 10.2. The summed E-state index contributed by atoms with van der Waals surface area (Å²) >= 11 is 0. The molecule has 1 aliphatic rings. The SMILES string of the molecule is CC(C)CNc1nc2c(ncn2[C@H]2C[C@H](O)[C@@H](CO)O2)c(=O)[nH]1. The first-order valence-electron chi connectivity index (χ1n) is 7.64. The van der Waals surface area contributed by atoms with Crippen LogP contribution in [0.1, 0.15) is 26.5 Å². The van der Waals surface area contributed by atoms with E-state index in [1.165, 1.54) is 6.33 Å². The van der Waals surface area contributed by atoms with E-state index in [1.54, 1.807) is 4.57 Å². The highest BCUT2D eigenvalue weighted by Gasteiger charge is 2.35. The summed E-state index contributed by atoms with van der Waals surface area (Å²) in [6.45, 7) is 4.51. The van der Waals surface area contributed by atoms with Crippen LogP contribution in [0.4, 0.5) is 5.95 Å². The van der Waals surface area contributed by atoms with E-state index in [0.29, 0.717) is 30.5 Å². The van der Waals surface area contributed by atoms with E-state index in [1.807, 2.05) is 0 Å². The van der Waals surface area contributed by atoms with Gasteiger partial charge in [0.05, 0.1) is 19.0 Å². The molecule has 4 N–H and O–H groups in total. The number of imidazole rings is 1. The van der Waals surface area contributed by atoms with E-state index in [2.05, 4.69) is 34.1 Å². The van der Waals surface area contributed by atoms with Crippen molar-refractivity contribution < 1.29 is 14.9 Å². The Balaban J connectivity index is 1.94. The summed E-state index contributed by atoms with van der Waals surface area (Å²) in [4.78, 5) is 23.2. The van der Waals surface area contributed by atoms with E-state index in [9.17, 15) is 15.0 Å². The zero-order valence-electron chi connectivity index (χ0n) is 13.1. The number of anilines is 1. The fourth-order valence-electron chi connectivity index (χ4n) is 2.57. The number of rotatable bonds is 5. The quantitative estimate of drug-likeness (QED) is 0.602. The maximum atomic E-state index is 12.1. The van der Waals surface area contributed by atoms with Gasteiger partial charge in [-0.3, -0.25) is 14.3 Å². The third-order valence-corrected chi connectivity index (χ3v) is 3.80. The minimum Gasteiger partial charge on any atom is -0.394 e. The third-order valence-electron chi connectivity index (χ3n) is 3.80. The highest BCUT2D eigenvalue weighted by atomic mass is 16.5. The number of fused-ring (bicyclic) bond motifs is 1. The molecule has 0 aromatic carbocycles. The fraction of sp³-hybridized carbons (Fsp3) is 0.643. The van der Waals surface area contributed by atoms with Crippen LogP contribution in [0.25, 0.3) is 11.2 Å². The molecule has 3 rings (SSSR count). The molecule has 0 radical (unpaired) electrons. The van der Waals surface area contributed by atoms with Crippen LogP contribution in [-0.4, -0.2) is 55.1 Å². The van der Waals surface area contributed by atoms with Crippen LogP contribution < -0.4 is 10.9 Å². The second-order valence-electron chi connectivity index (χ2n) is 6.13. The first-order valence-corrected chi connectivity index (χ1v) is 7.64.